The number of anilines is 1. The van der Waals surface area contributed by atoms with E-state index in [4.69, 9.17) is 4.52 Å². The molecule has 3 rings (SSSR count). The Bertz CT molecular complexity index is 527. The van der Waals surface area contributed by atoms with E-state index in [0.29, 0.717) is 5.88 Å². The van der Waals surface area contributed by atoms with Gasteiger partial charge in [-0.2, -0.15) is 0 Å². The van der Waals surface area contributed by atoms with Crippen LogP contribution in [0.4, 0.5) is 5.88 Å². The molecule has 1 fully saturated rings. The Kier molecular flexibility index (Phi) is 3.15. The van der Waals surface area contributed by atoms with Gasteiger partial charge in [0.15, 0.2) is 0 Å². The Labute approximate surface area is 109 Å². The molecule has 0 atom stereocenters. The van der Waals surface area contributed by atoms with Crippen LogP contribution in [0.5, 0.6) is 0 Å². The van der Waals surface area contributed by atoms with Gasteiger partial charge in [-0.25, -0.2) is 0 Å². The van der Waals surface area contributed by atoms with Gasteiger partial charge in [-0.1, -0.05) is 24.1 Å². The third-order valence-electron chi connectivity index (χ3n) is 3.26. The molecule has 0 saturated heterocycles. The molecule has 0 unspecified atom stereocenters. The maximum atomic E-state index is 11.9. The molecule has 0 radical (unpaired) electrons. The van der Waals surface area contributed by atoms with Crippen molar-refractivity contribution in [3.05, 3.63) is 23.6 Å². The fourth-order valence-corrected chi connectivity index (χ4v) is 2.96. The highest BCUT2D eigenvalue weighted by atomic mass is 32.1. The molecule has 2 aromatic heterocycles. The lowest BCUT2D eigenvalue weighted by Gasteiger charge is -2.06. The number of aromatic nitrogens is 1. The summed E-state index contributed by atoms with van der Waals surface area (Å²) in [6.07, 6.45) is 4.26. The van der Waals surface area contributed by atoms with Crippen LogP contribution < -0.4 is 5.32 Å². The SMILES string of the molecule is O=C(Nc1cc(-c2cccs2)no1)C1CCCC1. The lowest BCUT2D eigenvalue weighted by Crippen LogP contribution is -2.19. The first-order valence-corrected chi connectivity index (χ1v) is 7.02. The second-order valence-electron chi connectivity index (χ2n) is 4.52. The predicted molar refractivity (Wildman–Crippen MR) is 70.4 cm³/mol. The Balaban J connectivity index is 1.68. The molecule has 4 nitrogen and oxygen atoms in total. The van der Waals surface area contributed by atoms with Gasteiger partial charge in [0.25, 0.3) is 0 Å². The van der Waals surface area contributed by atoms with Crippen LogP contribution >= 0.6 is 11.3 Å². The molecule has 2 aromatic rings. The summed E-state index contributed by atoms with van der Waals surface area (Å²) in [7, 11) is 0. The lowest BCUT2D eigenvalue weighted by molar-refractivity contribution is -0.119. The van der Waals surface area contributed by atoms with Crippen molar-refractivity contribution < 1.29 is 9.32 Å². The minimum atomic E-state index is 0.0568. The van der Waals surface area contributed by atoms with Crippen LogP contribution in [0.2, 0.25) is 0 Å². The van der Waals surface area contributed by atoms with Gasteiger partial charge in [0.05, 0.1) is 4.88 Å². The number of rotatable bonds is 3. The van der Waals surface area contributed by atoms with Crippen molar-refractivity contribution >= 4 is 23.1 Å². The summed E-state index contributed by atoms with van der Waals surface area (Å²) in [4.78, 5) is 13.0. The number of carbonyl (C=O) groups excluding carboxylic acids is 1. The summed E-state index contributed by atoms with van der Waals surface area (Å²) in [5, 5.41) is 8.75. The van der Waals surface area contributed by atoms with E-state index >= 15 is 0 Å². The highest BCUT2D eigenvalue weighted by Gasteiger charge is 2.23. The average Bonchev–Trinajstić information content (AvgIpc) is 3.12. The minimum Gasteiger partial charge on any atom is -0.338 e. The van der Waals surface area contributed by atoms with Crippen LogP contribution in [0.15, 0.2) is 28.1 Å². The molecule has 0 aliphatic heterocycles. The molecule has 0 aromatic carbocycles. The van der Waals surface area contributed by atoms with Crippen molar-refractivity contribution in [2.24, 2.45) is 5.92 Å². The fourth-order valence-electron chi connectivity index (χ4n) is 2.29. The Morgan fingerprint density at radius 3 is 3.00 bits per heavy atom. The van der Waals surface area contributed by atoms with Crippen molar-refractivity contribution in [3.63, 3.8) is 0 Å². The Morgan fingerprint density at radius 2 is 2.28 bits per heavy atom. The van der Waals surface area contributed by atoms with Crippen molar-refractivity contribution in [1.82, 2.24) is 5.16 Å². The summed E-state index contributed by atoms with van der Waals surface area (Å²) >= 11 is 1.60. The molecule has 2 heterocycles. The molecule has 94 valence electrons. The number of thiophene rings is 1. The highest BCUT2D eigenvalue weighted by Crippen LogP contribution is 2.28. The van der Waals surface area contributed by atoms with Crippen LogP contribution in [0.1, 0.15) is 25.7 Å². The zero-order valence-electron chi connectivity index (χ0n) is 9.89. The van der Waals surface area contributed by atoms with Crippen LogP contribution in [0, 0.1) is 5.92 Å². The number of hydrogen-bond acceptors (Lipinski definition) is 4. The van der Waals surface area contributed by atoms with E-state index in [1.54, 1.807) is 17.4 Å². The van der Waals surface area contributed by atoms with Gasteiger partial charge >= 0.3 is 0 Å². The fraction of sp³-hybridized carbons (Fsp3) is 0.385. The first-order valence-electron chi connectivity index (χ1n) is 6.14. The maximum Gasteiger partial charge on any atom is 0.231 e. The summed E-state index contributed by atoms with van der Waals surface area (Å²) in [5.41, 5.74) is 0.770. The molecular weight excluding hydrogens is 248 g/mol. The second kappa shape index (κ2) is 4.94. The number of nitrogens with zero attached hydrogens (tertiary/aromatic N) is 1. The van der Waals surface area contributed by atoms with E-state index < -0.39 is 0 Å². The molecule has 1 saturated carbocycles. The molecule has 5 heteroatoms. The highest BCUT2D eigenvalue weighted by molar-refractivity contribution is 7.13. The third-order valence-corrected chi connectivity index (χ3v) is 4.15. The molecule has 18 heavy (non-hydrogen) atoms. The lowest BCUT2D eigenvalue weighted by atomic mass is 10.1. The summed E-state index contributed by atoms with van der Waals surface area (Å²) in [6.45, 7) is 0. The molecule has 1 amide bonds. The van der Waals surface area contributed by atoms with Crippen LogP contribution in [0.3, 0.4) is 0 Å². The van der Waals surface area contributed by atoms with E-state index in [2.05, 4.69) is 10.5 Å². The minimum absolute atomic E-state index is 0.0568. The van der Waals surface area contributed by atoms with Gasteiger partial charge in [-0.3, -0.25) is 10.1 Å². The number of carbonyl (C=O) groups is 1. The monoisotopic (exact) mass is 262 g/mol. The van der Waals surface area contributed by atoms with E-state index in [0.717, 1.165) is 36.3 Å². The summed E-state index contributed by atoms with van der Waals surface area (Å²) in [6, 6.07) is 5.72. The van der Waals surface area contributed by atoms with Gasteiger partial charge < -0.3 is 4.52 Å². The van der Waals surface area contributed by atoms with Gasteiger partial charge in [0.1, 0.15) is 5.69 Å². The smallest absolute Gasteiger partial charge is 0.231 e. The zero-order valence-corrected chi connectivity index (χ0v) is 10.7. The van der Waals surface area contributed by atoms with E-state index in [1.165, 1.54) is 0 Å². The Morgan fingerprint density at radius 1 is 1.44 bits per heavy atom. The second-order valence-corrected chi connectivity index (χ2v) is 5.47. The van der Waals surface area contributed by atoms with Crippen LogP contribution in [-0.2, 0) is 4.79 Å². The van der Waals surface area contributed by atoms with Crippen molar-refractivity contribution in [2.75, 3.05) is 5.32 Å². The Hall–Kier alpha value is -1.62. The summed E-state index contributed by atoms with van der Waals surface area (Å²) in [5.74, 6) is 0.636. The van der Waals surface area contributed by atoms with Crippen molar-refractivity contribution in [2.45, 2.75) is 25.7 Å². The maximum absolute atomic E-state index is 11.9. The first kappa shape index (κ1) is 11.5. The molecule has 1 aliphatic carbocycles. The van der Waals surface area contributed by atoms with Gasteiger partial charge in [0.2, 0.25) is 11.8 Å². The normalized spacial score (nSPS) is 16.0. The standard InChI is InChI=1S/C13H14N2O2S/c16-13(9-4-1-2-5-9)14-12-8-10(15-17-12)11-6-3-7-18-11/h3,6-9H,1-2,4-5H2,(H,14,16). The zero-order chi connectivity index (χ0) is 12.4. The van der Waals surface area contributed by atoms with E-state index in [1.807, 2.05) is 17.5 Å². The van der Waals surface area contributed by atoms with E-state index in [9.17, 15) is 4.79 Å². The van der Waals surface area contributed by atoms with E-state index in [-0.39, 0.29) is 11.8 Å². The topological polar surface area (TPSA) is 55.1 Å². The van der Waals surface area contributed by atoms with Crippen molar-refractivity contribution in [1.29, 1.82) is 0 Å². The van der Waals surface area contributed by atoms with Crippen LogP contribution in [0.25, 0.3) is 10.6 Å². The number of amides is 1. The molecule has 1 aliphatic rings. The predicted octanol–water partition coefficient (Wildman–Crippen LogP) is 3.53. The molecule has 0 bridgehead atoms. The van der Waals surface area contributed by atoms with Crippen LogP contribution in [-0.4, -0.2) is 11.1 Å². The molecule has 1 N–H and O–H groups in total. The number of nitrogens with one attached hydrogen (secondary N) is 1. The molecular formula is C13H14N2O2S. The van der Waals surface area contributed by atoms with Gasteiger partial charge in [-0.05, 0) is 24.3 Å². The average molecular weight is 262 g/mol. The third kappa shape index (κ3) is 2.31. The number of hydrogen-bond donors (Lipinski definition) is 1. The largest absolute Gasteiger partial charge is 0.338 e. The molecule has 0 spiro atoms. The summed E-state index contributed by atoms with van der Waals surface area (Å²) < 4.78 is 5.14. The van der Waals surface area contributed by atoms with Gasteiger partial charge in [-0.15, -0.1) is 11.3 Å². The quantitative estimate of drug-likeness (QED) is 0.920. The van der Waals surface area contributed by atoms with Gasteiger partial charge in [0, 0.05) is 12.0 Å². The van der Waals surface area contributed by atoms with Crippen molar-refractivity contribution in [3.8, 4) is 10.6 Å². The first-order chi connectivity index (χ1) is 8.83.